The standard InChI is InChI=1S/C12H19N3O4S/c1-4-14-9(3)11(8(2)13-14)20(18,19)15-7-5-6-10(15)12(16)17/h10H,4-7H2,1-3H3,(H,16,17). The molecule has 0 saturated carbocycles. The van der Waals surface area contributed by atoms with Crippen molar-refractivity contribution in [3.63, 3.8) is 0 Å². The second-order valence-corrected chi connectivity index (χ2v) is 6.76. The summed E-state index contributed by atoms with van der Waals surface area (Å²) in [6.45, 7) is 6.03. The summed E-state index contributed by atoms with van der Waals surface area (Å²) in [7, 11) is -3.81. The van der Waals surface area contributed by atoms with E-state index in [-0.39, 0.29) is 11.4 Å². The van der Waals surface area contributed by atoms with E-state index in [0.717, 1.165) is 4.31 Å². The molecule has 1 atom stereocenters. The Balaban J connectivity index is 2.51. The van der Waals surface area contributed by atoms with Crippen molar-refractivity contribution in [1.82, 2.24) is 14.1 Å². The molecule has 1 aliphatic heterocycles. The van der Waals surface area contributed by atoms with Crippen LogP contribution in [0.4, 0.5) is 0 Å². The van der Waals surface area contributed by atoms with Gasteiger partial charge in [0.05, 0.1) is 11.4 Å². The number of hydrogen-bond acceptors (Lipinski definition) is 4. The van der Waals surface area contributed by atoms with E-state index in [9.17, 15) is 13.2 Å². The van der Waals surface area contributed by atoms with Crippen LogP contribution >= 0.6 is 0 Å². The lowest BCUT2D eigenvalue weighted by Gasteiger charge is -2.21. The number of hydrogen-bond donors (Lipinski definition) is 1. The van der Waals surface area contributed by atoms with Crippen molar-refractivity contribution in [1.29, 1.82) is 0 Å². The van der Waals surface area contributed by atoms with Gasteiger partial charge >= 0.3 is 5.97 Å². The van der Waals surface area contributed by atoms with Gasteiger partial charge in [0.15, 0.2) is 0 Å². The van der Waals surface area contributed by atoms with E-state index in [1.165, 1.54) is 0 Å². The van der Waals surface area contributed by atoms with Gasteiger partial charge in [-0.1, -0.05) is 0 Å². The Morgan fingerprint density at radius 1 is 1.45 bits per heavy atom. The fraction of sp³-hybridized carbons (Fsp3) is 0.667. The molecule has 8 heteroatoms. The third-order valence-corrected chi connectivity index (χ3v) is 5.83. The van der Waals surface area contributed by atoms with E-state index < -0.39 is 22.0 Å². The van der Waals surface area contributed by atoms with Crippen LogP contribution in [0.15, 0.2) is 4.90 Å². The molecule has 0 radical (unpaired) electrons. The molecule has 1 aliphatic rings. The number of sulfonamides is 1. The molecule has 1 fully saturated rings. The quantitative estimate of drug-likeness (QED) is 0.886. The summed E-state index contributed by atoms with van der Waals surface area (Å²) < 4.78 is 28.2. The number of nitrogens with zero attached hydrogens (tertiary/aromatic N) is 3. The monoisotopic (exact) mass is 301 g/mol. The summed E-state index contributed by atoms with van der Waals surface area (Å²) in [6, 6.07) is -0.969. The molecule has 2 rings (SSSR count). The smallest absolute Gasteiger partial charge is 0.322 e. The first kappa shape index (κ1) is 15.0. The molecule has 7 nitrogen and oxygen atoms in total. The van der Waals surface area contributed by atoms with E-state index in [0.29, 0.717) is 30.8 Å². The summed E-state index contributed by atoms with van der Waals surface area (Å²) in [5, 5.41) is 13.4. The number of aliphatic carboxylic acids is 1. The van der Waals surface area contributed by atoms with Gasteiger partial charge in [-0.15, -0.1) is 0 Å². The van der Waals surface area contributed by atoms with E-state index in [1.54, 1.807) is 18.5 Å². The maximum absolute atomic E-state index is 12.7. The molecule has 1 unspecified atom stereocenters. The van der Waals surface area contributed by atoms with Gasteiger partial charge in [-0.3, -0.25) is 9.48 Å². The lowest BCUT2D eigenvalue weighted by atomic mass is 10.2. The summed E-state index contributed by atoms with van der Waals surface area (Å²) >= 11 is 0. The van der Waals surface area contributed by atoms with Crippen molar-refractivity contribution in [2.24, 2.45) is 0 Å². The SMILES string of the molecule is CCn1nc(C)c(S(=O)(=O)N2CCCC2C(=O)O)c1C. The highest BCUT2D eigenvalue weighted by Gasteiger charge is 2.41. The predicted octanol–water partition coefficient (Wildman–Crippen LogP) is 0.758. The zero-order valence-corrected chi connectivity index (χ0v) is 12.6. The maximum Gasteiger partial charge on any atom is 0.322 e. The van der Waals surface area contributed by atoms with E-state index >= 15 is 0 Å². The molecule has 112 valence electrons. The van der Waals surface area contributed by atoms with Crippen molar-refractivity contribution in [3.05, 3.63) is 11.4 Å². The van der Waals surface area contributed by atoms with Crippen molar-refractivity contribution >= 4 is 16.0 Å². The summed E-state index contributed by atoms with van der Waals surface area (Å²) in [5.74, 6) is -1.09. The molecular formula is C12H19N3O4S. The summed E-state index contributed by atoms with van der Waals surface area (Å²) in [5.41, 5.74) is 0.974. The lowest BCUT2D eigenvalue weighted by Crippen LogP contribution is -2.40. The minimum Gasteiger partial charge on any atom is -0.480 e. The van der Waals surface area contributed by atoms with E-state index in [2.05, 4.69) is 5.10 Å². The van der Waals surface area contributed by atoms with Crippen molar-refractivity contribution < 1.29 is 18.3 Å². The van der Waals surface area contributed by atoms with Crippen LogP contribution in [0.3, 0.4) is 0 Å². The Morgan fingerprint density at radius 3 is 2.60 bits per heavy atom. The van der Waals surface area contributed by atoms with Gasteiger partial charge in [-0.25, -0.2) is 8.42 Å². The number of carboxylic acids is 1. The third-order valence-electron chi connectivity index (χ3n) is 3.67. The van der Waals surface area contributed by atoms with Gasteiger partial charge < -0.3 is 5.11 Å². The molecule has 2 heterocycles. The topological polar surface area (TPSA) is 92.5 Å². The first-order valence-electron chi connectivity index (χ1n) is 6.59. The van der Waals surface area contributed by atoms with Crippen LogP contribution in [-0.4, -0.2) is 46.2 Å². The molecule has 1 saturated heterocycles. The largest absolute Gasteiger partial charge is 0.480 e. The van der Waals surface area contributed by atoms with Crippen LogP contribution in [0.2, 0.25) is 0 Å². The van der Waals surface area contributed by atoms with Gasteiger partial charge in [-0.2, -0.15) is 9.40 Å². The Labute approximate surface area is 118 Å². The van der Waals surface area contributed by atoms with Crippen molar-refractivity contribution in [2.75, 3.05) is 6.54 Å². The minimum absolute atomic E-state index is 0.146. The molecule has 1 aromatic heterocycles. The molecule has 20 heavy (non-hydrogen) atoms. The van der Waals surface area contributed by atoms with Crippen LogP contribution < -0.4 is 0 Å². The second-order valence-electron chi connectivity index (χ2n) is 4.93. The molecule has 0 amide bonds. The molecule has 0 spiro atoms. The zero-order chi connectivity index (χ0) is 15.1. The molecule has 1 N–H and O–H groups in total. The normalized spacial score (nSPS) is 20.4. The average molecular weight is 301 g/mol. The van der Waals surface area contributed by atoms with Gasteiger partial charge in [-0.05, 0) is 33.6 Å². The molecular weight excluding hydrogens is 282 g/mol. The first-order valence-corrected chi connectivity index (χ1v) is 8.03. The molecule has 0 aromatic carbocycles. The van der Waals surface area contributed by atoms with E-state index in [1.807, 2.05) is 6.92 Å². The Morgan fingerprint density at radius 2 is 2.10 bits per heavy atom. The van der Waals surface area contributed by atoms with Gasteiger partial charge in [0.1, 0.15) is 10.9 Å². The van der Waals surface area contributed by atoms with Gasteiger partial charge in [0.2, 0.25) is 10.0 Å². The van der Waals surface area contributed by atoms with Gasteiger partial charge in [0, 0.05) is 13.1 Å². The second kappa shape index (κ2) is 5.17. The zero-order valence-electron chi connectivity index (χ0n) is 11.8. The number of carboxylic acid groups (broad SMARTS) is 1. The number of aryl methyl sites for hydroxylation is 2. The van der Waals surface area contributed by atoms with Gasteiger partial charge in [0.25, 0.3) is 0 Å². The summed E-state index contributed by atoms with van der Waals surface area (Å²) in [4.78, 5) is 11.3. The molecule has 0 aliphatic carbocycles. The van der Waals surface area contributed by atoms with Crippen LogP contribution in [0, 0.1) is 13.8 Å². The highest BCUT2D eigenvalue weighted by molar-refractivity contribution is 7.89. The highest BCUT2D eigenvalue weighted by Crippen LogP contribution is 2.29. The van der Waals surface area contributed by atoms with Crippen LogP contribution in [0.5, 0.6) is 0 Å². The Kier molecular flexibility index (Phi) is 3.88. The molecule has 0 bridgehead atoms. The summed E-state index contributed by atoms with van der Waals surface area (Å²) in [6.07, 6.45) is 0.921. The number of carbonyl (C=O) groups is 1. The number of aromatic nitrogens is 2. The Hall–Kier alpha value is -1.41. The van der Waals surface area contributed by atoms with Crippen LogP contribution in [-0.2, 0) is 21.4 Å². The van der Waals surface area contributed by atoms with Crippen molar-refractivity contribution in [2.45, 2.75) is 51.1 Å². The highest BCUT2D eigenvalue weighted by atomic mass is 32.2. The first-order chi connectivity index (χ1) is 9.30. The fourth-order valence-electron chi connectivity index (χ4n) is 2.75. The molecule has 1 aromatic rings. The average Bonchev–Trinajstić information content (AvgIpc) is 2.94. The van der Waals surface area contributed by atoms with E-state index in [4.69, 9.17) is 5.11 Å². The predicted molar refractivity (Wildman–Crippen MR) is 71.9 cm³/mol. The van der Waals surface area contributed by atoms with Crippen LogP contribution in [0.1, 0.15) is 31.2 Å². The third kappa shape index (κ3) is 2.22. The Bertz CT molecular complexity index is 635. The maximum atomic E-state index is 12.7. The number of rotatable bonds is 4. The lowest BCUT2D eigenvalue weighted by molar-refractivity contribution is -0.140. The van der Waals surface area contributed by atoms with Crippen LogP contribution in [0.25, 0.3) is 0 Å². The fourth-order valence-corrected chi connectivity index (χ4v) is 4.78. The van der Waals surface area contributed by atoms with Crippen molar-refractivity contribution in [3.8, 4) is 0 Å². The minimum atomic E-state index is -3.81.